The summed E-state index contributed by atoms with van der Waals surface area (Å²) in [5.74, 6) is 1.86. The van der Waals surface area contributed by atoms with Gasteiger partial charge in [-0.05, 0) is 79.4 Å². The Hall–Kier alpha value is -0.160. The first-order valence-corrected chi connectivity index (χ1v) is 22.0. The average molecular weight is 715 g/mol. The second kappa shape index (κ2) is 32.3. The van der Waals surface area contributed by atoms with Gasteiger partial charge in [-0.15, -0.1) is 0 Å². The molecule has 0 aliphatic rings. The van der Waals surface area contributed by atoms with Gasteiger partial charge < -0.3 is 18.9 Å². The molecule has 0 rings (SSSR count). The molecule has 0 radical (unpaired) electrons. The molecule has 0 aliphatic heterocycles. The Morgan fingerprint density at radius 2 is 0.500 bits per heavy atom. The highest BCUT2D eigenvalue weighted by Crippen LogP contribution is 2.35. The summed E-state index contributed by atoms with van der Waals surface area (Å²) in [7, 11) is 0. The van der Waals surface area contributed by atoms with E-state index in [4.69, 9.17) is 18.9 Å². The van der Waals surface area contributed by atoms with Crippen molar-refractivity contribution in [1.29, 1.82) is 0 Å². The Labute approximate surface area is 318 Å². The Morgan fingerprint density at radius 3 is 0.700 bits per heavy atom. The van der Waals surface area contributed by atoms with Crippen molar-refractivity contribution in [3.63, 3.8) is 0 Å². The molecule has 0 saturated heterocycles. The average Bonchev–Trinajstić information content (AvgIpc) is 3.16. The van der Waals surface area contributed by atoms with E-state index in [1.165, 1.54) is 77.0 Å². The van der Waals surface area contributed by atoms with Crippen LogP contribution in [-0.4, -0.2) is 52.9 Å². The summed E-state index contributed by atoms with van der Waals surface area (Å²) < 4.78 is 23.9. The van der Waals surface area contributed by atoms with Crippen LogP contribution in [0.3, 0.4) is 0 Å². The third-order valence-electron chi connectivity index (χ3n) is 13.6. The van der Waals surface area contributed by atoms with Gasteiger partial charge in [0.2, 0.25) is 0 Å². The van der Waals surface area contributed by atoms with Gasteiger partial charge in [0.25, 0.3) is 0 Å². The lowest BCUT2D eigenvalue weighted by molar-refractivity contribution is -0.0693. The maximum atomic E-state index is 6.30. The third kappa shape index (κ3) is 22.8. The molecule has 0 aromatic heterocycles. The Kier molecular flexibility index (Phi) is 35.0. The van der Waals surface area contributed by atoms with Crippen LogP contribution in [0.4, 0.5) is 0 Å². The van der Waals surface area contributed by atoms with E-state index in [1.54, 1.807) is 0 Å². The van der Waals surface area contributed by atoms with Crippen LogP contribution in [0.1, 0.15) is 208 Å². The van der Waals surface area contributed by atoms with E-state index in [1.807, 2.05) is 0 Å². The van der Waals surface area contributed by atoms with Crippen molar-refractivity contribution in [3.05, 3.63) is 0 Å². The van der Waals surface area contributed by atoms with Crippen LogP contribution in [0, 0.1) is 39.4 Å². The molecule has 0 bridgehead atoms. The number of hydrogen-bond donors (Lipinski definition) is 0. The molecule has 4 nitrogen and oxygen atoms in total. The van der Waals surface area contributed by atoms with E-state index in [-0.39, 0.29) is 5.41 Å². The van der Waals surface area contributed by atoms with Crippen LogP contribution in [0.25, 0.3) is 0 Å². The monoisotopic (exact) mass is 715 g/mol. The van der Waals surface area contributed by atoms with Crippen LogP contribution in [-0.2, 0) is 18.9 Å². The van der Waals surface area contributed by atoms with E-state index < -0.39 is 0 Å². The van der Waals surface area contributed by atoms with Gasteiger partial charge in [0.1, 0.15) is 0 Å². The maximum absolute atomic E-state index is 6.30. The van der Waals surface area contributed by atoms with Crippen LogP contribution >= 0.6 is 0 Å². The standard InChI is InChI=1S/C23H48O2.C14H30O2.C9H20/c1-9-21(10-2,11-3)17-24-19-23(15-7,16-8)20-25-18-22(12-4,13-5)14-6;1-6-12(3)8-15-10-14(5)11-16-9-13(4)7-2;1-5-9(6-2,7-3)8-4/h9-20H2,1-8H3;12-14H,6-11H2,1-5H3;5-8H2,1-4H3. The van der Waals surface area contributed by atoms with Crippen LogP contribution < -0.4 is 0 Å². The molecule has 4 heteroatoms. The summed E-state index contributed by atoms with van der Waals surface area (Å²) in [5, 5.41) is 0. The van der Waals surface area contributed by atoms with Crippen molar-refractivity contribution in [2.75, 3.05) is 52.9 Å². The molecule has 0 aromatic carbocycles. The van der Waals surface area contributed by atoms with E-state index >= 15 is 0 Å². The molecule has 0 fully saturated rings. The quantitative estimate of drug-likeness (QED) is 0.0742. The van der Waals surface area contributed by atoms with Gasteiger partial charge in [-0.2, -0.15) is 0 Å². The van der Waals surface area contributed by atoms with Crippen LogP contribution in [0.2, 0.25) is 0 Å². The zero-order chi connectivity index (χ0) is 39.1. The SMILES string of the molecule is CCC(C)COCC(C)COCC(C)CC.CCC(CC)(CC)CC.CCC(CC)(CC)COCC(CC)(CC)COCC(CC)(CC)CC. The minimum Gasteiger partial charge on any atom is -0.381 e. The molecule has 0 amide bonds. The van der Waals surface area contributed by atoms with Crippen LogP contribution in [0.15, 0.2) is 0 Å². The van der Waals surface area contributed by atoms with Crippen molar-refractivity contribution in [2.24, 2.45) is 39.4 Å². The Bertz CT molecular complexity index is 612. The number of rotatable bonds is 30. The highest BCUT2D eigenvalue weighted by molar-refractivity contribution is 4.81. The van der Waals surface area contributed by atoms with Gasteiger partial charge in [0, 0.05) is 24.5 Å². The molecular weight excluding hydrogens is 617 g/mol. The summed E-state index contributed by atoms with van der Waals surface area (Å²) in [6, 6.07) is 0. The zero-order valence-electron chi connectivity index (χ0n) is 37.9. The summed E-state index contributed by atoms with van der Waals surface area (Å²) in [4.78, 5) is 0. The molecule has 0 aliphatic carbocycles. The Balaban J connectivity index is -0.000000750. The highest BCUT2D eigenvalue weighted by atomic mass is 16.5. The Morgan fingerprint density at radius 1 is 0.280 bits per heavy atom. The summed E-state index contributed by atoms with van der Waals surface area (Å²) in [6.07, 6.45) is 17.2. The maximum Gasteiger partial charge on any atom is 0.0544 e. The topological polar surface area (TPSA) is 36.9 Å². The highest BCUT2D eigenvalue weighted by Gasteiger charge is 2.32. The second-order valence-electron chi connectivity index (χ2n) is 16.4. The normalized spacial score (nSPS) is 14.3. The van der Waals surface area contributed by atoms with Gasteiger partial charge in [-0.25, -0.2) is 0 Å². The van der Waals surface area contributed by atoms with Gasteiger partial charge >= 0.3 is 0 Å². The minimum absolute atomic E-state index is 0.169. The van der Waals surface area contributed by atoms with E-state index in [9.17, 15) is 0 Å². The summed E-state index contributed by atoms with van der Waals surface area (Å²) >= 11 is 0. The lowest BCUT2D eigenvalue weighted by Gasteiger charge is -2.37. The number of hydrogen-bond acceptors (Lipinski definition) is 4. The first kappa shape index (κ1) is 54.2. The predicted molar refractivity (Wildman–Crippen MR) is 225 cm³/mol. The van der Waals surface area contributed by atoms with Gasteiger partial charge in [0.05, 0.1) is 39.6 Å². The van der Waals surface area contributed by atoms with Gasteiger partial charge in [0.15, 0.2) is 0 Å². The van der Waals surface area contributed by atoms with Crippen molar-refractivity contribution < 1.29 is 18.9 Å². The summed E-state index contributed by atoms with van der Waals surface area (Å²) in [6.45, 7) is 45.5. The molecule has 50 heavy (non-hydrogen) atoms. The smallest absolute Gasteiger partial charge is 0.0544 e. The number of ether oxygens (including phenoxy) is 4. The third-order valence-corrected chi connectivity index (χ3v) is 13.6. The second-order valence-corrected chi connectivity index (χ2v) is 16.4. The fourth-order valence-corrected chi connectivity index (χ4v) is 6.51. The largest absolute Gasteiger partial charge is 0.381 e. The zero-order valence-corrected chi connectivity index (χ0v) is 37.9. The van der Waals surface area contributed by atoms with E-state index in [0.29, 0.717) is 34.0 Å². The van der Waals surface area contributed by atoms with Crippen molar-refractivity contribution >= 4 is 0 Å². The molecule has 0 heterocycles. The predicted octanol–water partition coefficient (Wildman–Crippen LogP) is 14.6. The molecular formula is C46H98O4. The van der Waals surface area contributed by atoms with E-state index in [0.717, 1.165) is 65.7 Å². The van der Waals surface area contributed by atoms with E-state index in [2.05, 4.69) is 118 Å². The first-order chi connectivity index (χ1) is 23.7. The molecule has 0 N–H and O–H groups in total. The molecule has 0 aromatic rings. The molecule has 2 unspecified atom stereocenters. The van der Waals surface area contributed by atoms with Crippen molar-refractivity contribution in [3.8, 4) is 0 Å². The lowest BCUT2D eigenvalue weighted by atomic mass is 9.78. The van der Waals surface area contributed by atoms with Crippen molar-refractivity contribution in [2.45, 2.75) is 208 Å². The molecule has 306 valence electrons. The van der Waals surface area contributed by atoms with Gasteiger partial charge in [-0.1, -0.05) is 156 Å². The summed E-state index contributed by atoms with van der Waals surface area (Å²) in [5.41, 5.74) is 1.55. The van der Waals surface area contributed by atoms with Crippen molar-refractivity contribution in [1.82, 2.24) is 0 Å². The fraction of sp³-hybridized carbons (Fsp3) is 1.00. The molecule has 0 spiro atoms. The lowest BCUT2D eigenvalue weighted by Crippen LogP contribution is -2.36. The van der Waals surface area contributed by atoms with Crippen LogP contribution in [0.5, 0.6) is 0 Å². The fourth-order valence-electron chi connectivity index (χ4n) is 6.51. The molecule has 0 saturated carbocycles. The molecule has 2 atom stereocenters. The van der Waals surface area contributed by atoms with Gasteiger partial charge in [-0.3, -0.25) is 0 Å². The minimum atomic E-state index is 0.169. The first-order valence-electron chi connectivity index (χ1n) is 22.0.